The molecule has 1 aromatic heterocycles. The molecule has 0 spiro atoms. The number of benzene rings is 1. The topological polar surface area (TPSA) is 48.9 Å². The number of carbonyl (C=O) groups is 1. The van der Waals surface area contributed by atoms with Crippen molar-refractivity contribution in [1.82, 2.24) is 14.8 Å². The molecule has 2 saturated heterocycles. The standard InChI is InChI=1S/C21H28N4O2/c1-17(26)24-8-4-7-23(9-10-24)16-19-15-18-5-2-3-6-20(18)22-21(19)25-11-13-27-14-12-25/h2-3,5-6,15H,4,7-14,16H2,1H3. The summed E-state index contributed by atoms with van der Waals surface area (Å²) >= 11 is 0. The summed E-state index contributed by atoms with van der Waals surface area (Å²) in [6.07, 6.45) is 1.02. The number of aromatic nitrogens is 1. The Bertz CT molecular complexity index is 804. The minimum atomic E-state index is 0.179. The van der Waals surface area contributed by atoms with Crippen LogP contribution in [-0.4, -0.2) is 73.2 Å². The van der Waals surface area contributed by atoms with E-state index in [1.807, 2.05) is 11.0 Å². The number of pyridine rings is 1. The molecule has 2 aliphatic heterocycles. The van der Waals surface area contributed by atoms with E-state index in [0.717, 1.165) is 76.8 Å². The van der Waals surface area contributed by atoms with Gasteiger partial charge in [-0.3, -0.25) is 9.69 Å². The molecule has 2 aromatic rings. The largest absolute Gasteiger partial charge is 0.378 e. The predicted octanol–water partition coefficient (Wildman–Crippen LogP) is 2.13. The minimum absolute atomic E-state index is 0.179. The van der Waals surface area contributed by atoms with E-state index in [2.05, 4.69) is 34.1 Å². The first-order chi connectivity index (χ1) is 13.2. The molecule has 2 aliphatic rings. The van der Waals surface area contributed by atoms with Crippen LogP contribution in [0.25, 0.3) is 10.9 Å². The Morgan fingerprint density at radius 1 is 1.07 bits per heavy atom. The summed E-state index contributed by atoms with van der Waals surface area (Å²) in [5.41, 5.74) is 2.31. The number of morpholine rings is 1. The molecule has 27 heavy (non-hydrogen) atoms. The third-order valence-corrected chi connectivity index (χ3v) is 5.52. The van der Waals surface area contributed by atoms with Crippen molar-refractivity contribution in [3.8, 4) is 0 Å². The van der Waals surface area contributed by atoms with Gasteiger partial charge in [0.1, 0.15) is 5.82 Å². The highest BCUT2D eigenvalue weighted by atomic mass is 16.5. The maximum atomic E-state index is 11.7. The molecule has 0 N–H and O–H groups in total. The van der Waals surface area contributed by atoms with Crippen molar-refractivity contribution in [2.45, 2.75) is 19.9 Å². The molecule has 6 nitrogen and oxygen atoms in total. The second-order valence-corrected chi connectivity index (χ2v) is 7.40. The summed E-state index contributed by atoms with van der Waals surface area (Å²) < 4.78 is 5.53. The third-order valence-electron chi connectivity index (χ3n) is 5.52. The summed E-state index contributed by atoms with van der Waals surface area (Å²) in [7, 11) is 0. The Kier molecular flexibility index (Phi) is 5.55. The van der Waals surface area contributed by atoms with E-state index in [9.17, 15) is 4.79 Å². The zero-order valence-corrected chi connectivity index (χ0v) is 16.1. The summed E-state index contributed by atoms with van der Waals surface area (Å²) in [5.74, 6) is 1.27. The van der Waals surface area contributed by atoms with Crippen LogP contribution >= 0.6 is 0 Å². The molecule has 0 bridgehead atoms. The zero-order chi connectivity index (χ0) is 18.6. The first-order valence-corrected chi connectivity index (χ1v) is 9.90. The van der Waals surface area contributed by atoms with Gasteiger partial charge >= 0.3 is 0 Å². The number of rotatable bonds is 3. The van der Waals surface area contributed by atoms with Gasteiger partial charge in [0.05, 0.1) is 18.7 Å². The molecule has 0 unspecified atom stereocenters. The number of hydrogen-bond acceptors (Lipinski definition) is 5. The lowest BCUT2D eigenvalue weighted by Crippen LogP contribution is -2.38. The van der Waals surface area contributed by atoms with Crippen LogP contribution in [0.1, 0.15) is 18.9 Å². The molecule has 3 heterocycles. The monoisotopic (exact) mass is 368 g/mol. The molecule has 4 rings (SSSR count). The molecule has 0 atom stereocenters. The third kappa shape index (κ3) is 4.22. The SMILES string of the molecule is CC(=O)N1CCCN(Cc2cc3ccccc3nc2N2CCOCC2)CC1. The maximum absolute atomic E-state index is 11.7. The fraction of sp³-hybridized carbons (Fsp3) is 0.524. The molecule has 0 aliphatic carbocycles. The van der Waals surface area contributed by atoms with E-state index < -0.39 is 0 Å². The molecule has 1 amide bonds. The van der Waals surface area contributed by atoms with Crippen molar-refractivity contribution in [2.75, 3.05) is 57.4 Å². The van der Waals surface area contributed by atoms with Crippen LogP contribution in [0, 0.1) is 0 Å². The first kappa shape index (κ1) is 18.2. The number of carbonyl (C=O) groups excluding carboxylic acids is 1. The average molecular weight is 368 g/mol. The maximum Gasteiger partial charge on any atom is 0.219 e. The van der Waals surface area contributed by atoms with Crippen molar-refractivity contribution >= 4 is 22.6 Å². The molecule has 1 aromatic carbocycles. The molecular formula is C21H28N4O2. The van der Waals surface area contributed by atoms with Gasteiger partial charge in [-0.2, -0.15) is 0 Å². The molecule has 0 radical (unpaired) electrons. The van der Waals surface area contributed by atoms with Gasteiger partial charge < -0.3 is 14.5 Å². The first-order valence-electron chi connectivity index (χ1n) is 9.90. The van der Waals surface area contributed by atoms with Gasteiger partial charge in [0.25, 0.3) is 0 Å². The lowest BCUT2D eigenvalue weighted by Gasteiger charge is -2.31. The van der Waals surface area contributed by atoms with Gasteiger partial charge in [-0.15, -0.1) is 0 Å². The number of anilines is 1. The van der Waals surface area contributed by atoms with E-state index in [0.29, 0.717) is 0 Å². The Morgan fingerprint density at radius 3 is 2.70 bits per heavy atom. The minimum Gasteiger partial charge on any atom is -0.378 e. The van der Waals surface area contributed by atoms with Crippen LogP contribution in [0.15, 0.2) is 30.3 Å². The summed E-state index contributed by atoms with van der Waals surface area (Å²) in [6.45, 7) is 9.41. The average Bonchev–Trinajstić information content (AvgIpc) is 2.94. The van der Waals surface area contributed by atoms with E-state index >= 15 is 0 Å². The van der Waals surface area contributed by atoms with Gasteiger partial charge in [-0.1, -0.05) is 18.2 Å². The van der Waals surface area contributed by atoms with Gasteiger partial charge in [0.2, 0.25) is 5.91 Å². The van der Waals surface area contributed by atoms with Crippen molar-refractivity contribution in [2.24, 2.45) is 0 Å². The lowest BCUT2D eigenvalue weighted by atomic mass is 10.1. The smallest absolute Gasteiger partial charge is 0.219 e. The van der Waals surface area contributed by atoms with Crippen LogP contribution in [0.5, 0.6) is 0 Å². The predicted molar refractivity (Wildman–Crippen MR) is 107 cm³/mol. The number of amides is 1. The van der Waals surface area contributed by atoms with Gasteiger partial charge in [-0.05, 0) is 18.6 Å². The number of ether oxygens (including phenoxy) is 1. The normalized spacial score (nSPS) is 19.3. The Morgan fingerprint density at radius 2 is 1.89 bits per heavy atom. The molecule has 2 fully saturated rings. The van der Waals surface area contributed by atoms with Crippen LogP contribution in [0.4, 0.5) is 5.82 Å². The van der Waals surface area contributed by atoms with E-state index in [4.69, 9.17) is 9.72 Å². The second kappa shape index (κ2) is 8.23. The Labute approximate surface area is 160 Å². The number of nitrogens with zero attached hydrogens (tertiary/aromatic N) is 4. The Hall–Kier alpha value is -2.18. The van der Waals surface area contributed by atoms with Crippen LogP contribution < -0.4 is 4.90 Å². The molecule has 0 saturated carbocycles. The highest BCUT2D eigenvalue weighted by Gasteiger charge is 2.21. The number of fused-ring (bicyclic) bond motifs is 1. The quantitative estimate of drug-likeness (QED) is 0.831. The van der Waals surface area contributed by atoms with Crippen LogP contribution in [-0.2, 0) is 16.1 Å². The van der Waals surface area contributed by atoms with Gasteiger partial charge in [-0.25, -0.2) is 4.98 Å². The van der Waals surface area contributed by atoms with E-state index in [-0.39, 0.29) is 5.91 Å². The molecule has 144 valence electrons. The fourth-order valence-electron chi connectivity index (χ4n) is 4.00. The highest BCUT2D eigenvalue weighted by molar-refractivity contribution is 5.81. The molecular weight excluding hydrogens is 340 g/mol. The fourth-order valence-corrected chi connectivity index (χ4v) is 4.00. The van der Waals surface area contributed by atoms with Crippen LogP contribution in [0.3, 0.4) is 0 Å². The van der Waals surface area contributed by atoms with Crippen molar-refractivity contribution in [3.63, 3.8) is 0 Å². The van der Waals surface area contributed by atoms with Crippen LogP contribution in [0.2, 0.25) is 0 Å². The Balaban J connectivity index is 1.60. The van der Waals surface area contributed by atoms with Crippen molar-refractivity contribution < 1.29 is 9.53 Å². The second-order valence-electron chi connectivity index (χ2n) is 7.40. The van der Waals surface area contributed by atoms with E-state index in [1.165, 1.54) is 10.9 Å². The molecule has 6 heteroatoms. The summed E-state index contributed by atoms with van der Waals surface area (Å²) in [4.78, 5) is 23.5. The van der Waals surface area contributed by atoms with Crippen molar-refractivity contribution in [3.05, 3.63) is 35.9 Å². The van der Waals surface area contributed by atoms with Gasteiger partial charge in [0.15, 0.2) is 0 Å². The summed E-state index contributed by atoms with van der Waals surface area (Å²) in [6, 6.07) is 10.6. The van der Waals surface area contributed by atoms with Crippen molar-refractivity contribution in [1.29, 1.82) is 0 Å². The van der Waals surface area contributed by atoms with E-state index in [1.54, 1.807) is 6.92 Å². The zero-order valence-electron chi connectivity index (χ0n) is 16.1. The lowest BCUT2D eigenvalue weighted by molar-refractivity contribution is -0.128. The highest BCUT2D eigenvalue weighted by Crippen LogP contribution is 2.26. The summed E-state index contributed by atoms with van der Waals surface area (Å²) in [5, 5.41) is 1.18. The number of hydrogen-bond donors (Lipinski definition) is 0. The number of para-hydroxylation sites is 1. The van der Waals surface area contributed by atoms with Gasteiger partial charge in [0, 0.05) is 63.7 Å².